The van der Waals surface area contributed by atoms with E-state index >= 15 is 0 Å². The Balaban J connectivity index is 2.34. The molecule has 6 heteroatoms. The third kappa shape index (κ3) is 2.84. The summed E-state index contributed by atoms with van der Waals surface area (Å²) in [7, 11) is 0. The molecule has 1 N–H and O–H groups in total. The molecule has 1 aromatic rings. The van der Waals surface area contributed by atoms with Crippen LogP contribution in [0.25, 0.3) is 0 Å². The predicted molar refractivity (Wildman–Crippen MR) is 69.9 cm³/mol. The van der Waals surface area contributed by atoms with E-state index < -0.39 is 11.5 Å². The summed E-state index contributed by atoms with van der Waals surface area (Å²) < 4.78 is 0. The van der Waals surface area contributed by atoms with Gasteiger partial charge in [-0.2, -0.15) is 0 Å². The first-order valence-corrected chi connectivity index (χ1v) is 6.56. The number of aryl methyl sites for hydroxylation is 1. The number of hydrogen-bond donors (Lipinski definition) is 1. The molecule has 2 heterocycles. The van der Waals surface area contributed by atoms with Gasteiger partial charge in [0.25, 0.3) is 11.5 Å². The van der Waals surface area contributed by atoms with Crippen LogP contribution >= 0.6 is 0 Å². The Morgan fingerprint density at radius 3 is 2.68 bits per heavy atom. The zero-order valence-corrected chi connectivity index (χ0v) is 11.5. The zero-order chi connectivity index (χ0) is 14.0. The molecule has 1 aromatic heterocycles. The van der Waals surface area contributed by atoms with Crippen LogP contribution in [0.4, 0.5) is 0 Å². The van der Waals surface area contributed by atoms with Crippen molar-refractivity contribution in [2.45, 2.75) is 39.5 Å². The van der Waals surface area contributed by atoms with Gasteiger partial charge in [0, 0.05) is 12.5 Å². The molecule has 0 spiro atoms. The SMILES string of the molecule is Cc1nc(C(C)C)[nH]c(=O)c1C(=O)N1CCCCO1. The normalized spacial score (nSPS) is 15.9. The maximum Gasteiger partial charge on any atom is 0.284 e. The second-order valence-corrected chi connectivity index (χ2v) is 5.01. The smallest absolute Gasteiger partial charge is 0.284 e. The lowest BCUT2D eigenvalue weighted by Gasteiger charge is -2.25. The van der Waals surface area contributed by atoms with Gasteiger partial charge in [-0.3, -0.25) is 14.4 Å². The van der Waals surface area contributed by atoms with Crippen LogP contribution in [0.1, 0.15) is 54.5 Å². The number of carbonyl (C=O) groups excluding carboxylic acids is 1. The van der Waals surface area contributed by atoms with Gasteiger partial charge >= 0.3 is 0 Å². The summed E-state index contributed by atoms with van der Waals surface area (Å²) >= 11 is 0. The van der Waals surface area contributed by atoms with Crippen molar-refractivity contribution in [3.05, 3.63) is 27.4 Å². The van der Waals surface area contributed by atoms with Crippen LogP contribution in [-0.2, 0) is 4.84 Å². The van der Waals surface area contributed by atoms with Crippen molar-refractivity contribution in [3.63, 3.8) is 0 Å². The number of rotatable bonds is 2. The van der Waals surface area contributed by atoms with Crippen molar-refractivity contribution in [2.75, 3.05) is 13.2 Å². The number of aromatic amines is 1. The van der Waals surface area contributed by atoms with E-state index in [0.29, 0.717) is 24.7 Å². The fourth-order valence-corrected chi connectivity index (χ4v) is 2.01. The van der Waals surface area contributed by atoms with Gasteiger partial charge in [0.15, 0.2) is 0 Å². The molecular formula is C13H19N3O3. The number of carbonyl (C=O) groups is 1. The molecule has 1 fully saturated rings. The Labute approximate surface area is 111 Å². The number of H-pyrrole nitrogens is 1. The molecule has 0 unspecified atom stereocenters. The van der Waals surface area contributed by atoms with E-state index in [0.717, 1.165) is 12.8 Å². The summed E-state index contributed by atoms with van der Waals surface area (Å²) in [4.78, 5) is 36.6. The van der Waals surface area contributed by atoms with Crippen LogP contribution in [0.5, 0.6) is 0 Å². The van der Waals surface area contributed by atoms with Crippen LogP contribution in [0.15, 0.2) is 4.79 Å². The molecule has 0 aromatic carbocycles. The van der Waals surface area contributed by atoms with Crippen molar-refractivity contribution in [1.82, 2.24) is 15.0 Å². The average molecular weight is 265 g/mol. The first kappa shape index (κ1) is 13.7. The van der Waals surface area contributed by atoms with E-state index in [9.17, 15) is 9.59 Å². The summed E-state index contributed by atoms with van der Waals surface area (Å²) in [6.45, 7) is 6.59. The number of nitrogens with zero attached hydrogens (tertiary/aromatic N) is 2. The maximum absolute atomic E-state index is 12.3. The minimum atomic E-state index is -0.402. The van der Waals surface area contributed by atoms with Crippen molar-refractivity contribution in [1.29, 1.82) is 0 Å². The van der Waals surface area contributed by atoms with Crippen LogP contribution < -0.4 is 5.56 Å². The Hall–Kier alpha value is -1.69. The molecule has 1 amide bonds. The molecule has 104 valence electrons. The summed E-state index contributed by atoms with van der Waals surface area (Å²) in [5.41, 5.74) is 0.133. The Morgan fingerprint density at radius 2 is 2.16 bits per heavy atom. The van der Waals surface area contributed by atoms with Crippen molar-refractivity contribution in [3.8, 4) is 0 Å². The van der Waals surface area contributed by atoms with E-state index in [-0.39, 0.29) is 11.5 Å². The largest absolute Gasteiger partial charge is 0.310 e. The van der Waals surface area contributed by atoms with Crippen molar-refractivity contribution >= 4 is 5.91 Å². The summed E-state index contributed by atoms with van der Waals surface area (Å²) in [5.74, 6) is 0.307. The average Bonchev–Trinajstić information content (AvgIpc) is 2.38. The molecule has 0 atom stereocenters. The van der Waals surface area contributed by atoms with E-state index in [1.54, 1.807) is 6.92 Å². The standard InChI is InChI=1S/C13H19N3O3/c1-8(2)11-14-9(3)10(12(17)15-11)13(18)16-6-4-5-7-19-16/h8H,4-7H2,1-3H3,(H,14,15,17). The molecule has 6 nitrogen and oxygen atoms in total. The Morgan fingerprint density at radius 1 is 1.42 bits per heavy atom. The highest BCUT2D eigenvalue weighted by Crippen LogP contribution is 2.13. The third-order valence-corrected chi connectivity index (χ3v) is 3.11. The van der Waals surface area contributed by atoms with Crippen LogP contribution in [0.3, 0.4) is 0 Å². The molecule has 2 rings (SSSR count). The van der Waals surface area contributed by atoms with Crippen molar-refractivity contribution < 1.29 is 9.63 Å². The fourth-order valence-electron chi connectivity index (χ4n) is 2.01. The quantitative estimate of drug-likeness (QED) is 0.876. The van der Waals surface area contributed by atoms with Crippen molar-refractivity contribution in [2.24, 2.45) is 0 Å². The lowest BCUT2D eigenvalue weighted by molar-refractivity contribution is -0.144. The monoisotopic (exact) mass is 265 g/mol. The molecule has 1 saturated heterocycles. The maximum atomic E-state index is 12.3. The number of aromatic nitrogens is 2. The van der Waals surface area contributed by atoms with E-state index in [2.05, 4.69) is 9.97 Å². The second kappa shape index (κ2) is 5.52. The number of amides is 1. The molecule has 19 heavy (non-hydrogen) atoms. The first-order valence-electron chi connectivity index (χ1n) is 6.56. The first-order chi connectivity index (χ1) is 9.00. The zero-order valence-electron chi connectivity index (χ0n) is 11.5. The summed E-state index contributed by atoms with van der Waals surface area (Å²) in [5, 5.41) is 1.26. The van der Waals surface area contributed by atoms with E-state index in [4.69, 9.17) is 4.84 Å². The lowest BCUT2D eigenvalue weighted by atomic mass is 10.1. The van der Waals surface area contributed by atoms with Gasteiger partial charge in [-0.05, 0) is 19.8 Å². The van der Waals surface area contributed by atoms with Gasteiger partial charge < -0.3 is 4.98 Å². The summed E-state index contributed by atoms with van der Waals surface area (Å²) in [6, 6.07) is 0. The van der Waals surface area contributed by atoms with Crippen LogP contribution in [0.2, 0.25) is 0 Å². The highest BCUT2D eigenvalue weighted by Gasteiger charge is 2.25. The fraction of sp³-hybridized carbons (Fsp3) is 0.615. The van der Waals surface area contributed by atoms with Gasteiger partial charge in [-0.25, -0.2) is 10.0 Å². The lowest BCUT2D eigenvalue weighted by Crippen LogP contribution is -2.39. The topological polar surface area (TPSA) is 75.3 Å². The molecule has 0 aliphatic carbocycles. The molecule has 1 aliphatic rings. The Bertz CT molecular complexity index is 530. The van der Waals surface area contributed by atoms with E-state index in [1.165, 1.54) is 5.06 Å². The number of hydroxylamine groups is 2. The summed E-state index contributed by atoms with van der Waals surface area (Å²) in [6.07, 6.45) is 1.82. The molecule has 0 saturated carbocycles. The predicted octanol–water partition coefficient (Wildman–Crippen LogP) is 1.37. The molecular weight excluding hydrogens is 246 g/mol. The number of hydrogen-bond acceptors (Lipinski definition) is 4. The van der Waals surface area contributed by atoms with Gasteiger partial charge in [-0.1, -0.05) is 13.8 Å². The third-order valence-electron chi connectivity index (χ3n) is 3.11. The highest BCUT2D eigenvalue weighted by molar-refractivity contribution is 5.94. The minimum Gasteiger partial charge on any atom is -0.310 e. The minimum absolute atomic E-state index is 0.0753. The van der Waals surface area contributed by atoms with Gasteiger partial charge in [0.1, 0.15) is 11.4 Å². The number of nitrogens with one attached hydrogen (secondary N) is 1. The van der Waals surface area contributed by atoms with Crippen LogP contribution in [-0.4, -0.2) is 34.1 Å². The van der Waals surface area contributed by atoms with Gasteiger partial charge in [0.05, 0.1) is 12.3 Å². The van der Waals surface area contributed by atoms with Gasteiger partial charge in [-0.15, -0.1) is 0 Å². The molecule has 0 radical (unpaired) electrons. The highest BCUT2D eigenvalue weighted by atomic mass is 16.7. The second-order valence-electron chi connectivity index (χ2n) is 5.01. The molecule has 1 aliphatic heterocycles. The molecule has 0 bridgehead atoms. The Kier molecular flexibility index (Phi) is 3.99. The van der Waals surface area contributed by atoms with E-state index in [1.807, 2.05) is 13.8 Å². The van der Waals surface area contributed by atoms with Gasteiger partial charge in [0.2, 0.25) is 0 Å². The van der Waals surface area contributed by atoms with Crippen LogP contribution in [0, 0.1) is 6.92 Å².